The van der Waals surface area contributed by atoms with Crippen molar-refractivity contribution in [3.63, 3.8) is 0 Å². The number of carbonyl (C=O) groups excluding carboxylic acids is 1. The first-order valence-electron chi connectivity index (χ1n) is 6.84. The Bertz CT molecular complexity index is 779. The van der Waals surface area contributed by atoms with Crippen LogP contribution in [0.15, 0.2) is 47.6 Å². The van der Waals surface area contributed by atoms with Crippen LogP contribution in [-0.2, 0) is 4.84 Å². The van der Waals surface area contributed by atoms with Gasteiger partial charge in [-0.2, -0.15) is 8.78 Å². The van der Waals surface area contributed by atoms with Crippen molar-refractivity contribution < 1.29 is 32.3 Å². The lowest BCUT2D eigenvalue weighted by atomic mass is 10.2. The molecule has 25 heavy (non-hydrogen) atoms. The van der Waals surface area contributed by atoms with E-state index in [0.717, 1.165) is 12.1 Å². The third kappa shape index (κ3) is 4.87. The summed E-state index contributed by atoms with van der Waals surface area (Å²) in [6.07, 6.45) is 0. The van der Waals surface area contributed by atoms with Gasteiger partial charge in [-0.05, 0) is 42.5 Å². The summed E-state index contributed by atoms with van der Waals surface area (Å²) >= 11 is 0. The van der Waals surface area contributed by atoms with Crippen LogP contribution in [0, 0.1) is 5.82 Å². The van der Waals surface area contributed by atoms with Gasteiger partial charge in [-0.25, -0.2) is 9.18 Å². The second-order valence-corrected chi connectivity index (χ2v) is 4.61. The number of alkyl halides is 2. The van der Waals surface area contributed by atoms with Gasteiger partial charge in [0.15, 0.2) is 17.3 Å². The van der Waals surface area contributed by atoms with E-state index in [1.165, 1.54) is 37.4 Å². The summed E-state index contributed by atoms with van der Waals surface area (Å²) in [6, 6.07) is 8.56. The van der Waals surface area contributed by atoms with Crippen LogP contribution in [0.4, 0.5) is 13.2 Å². The number of nitrogens with two attached hydrogens (primary N) is 1. The van der Waals surface area contributed by atoms with E-state index in [1.54, 1.807) is 0 Å². The van der Waals surface area contributed by atoms with Gasteiger partial charge in [0, 0.05) is 5.56 Å². The molecule has 0 fully saturated rings. The number of methoxy groups -OCH3 is 1. The molecule has 0 aliphatic carbocycles. The van der Waals surface area contributed by atoms with E-state index in [2.05, 4.69) is 14.7 Å². The molecule has 132 valence electrons. The van der Waals surface area contributed by atoms with Gasteiger partial charge in [0.25, 0.3) is 0 Å². The predicted octanol–water partition coefficient (Wildman–Crippen LogP) is 2.91. The van der Waals surface area contributed by atoms with Gasteiger partial charge >= 0.3 is 12.6 Å². The van der Waals surface area contributed by atoms with E-state index in [4.69, 9.17) is 10.5 Å². The molecule has 0 radical (unpaired) electrons. The SMILES string of the molecule is COc1cc(C(=O)O/N=C(\N)c2ccc(F)cc2)ccc1OC(F)F. The summed E-state index contributed by atoms with van der Waals surface area (Å²) in [5.74, 6) is -1.80. The van der Waals surface area contributed by atoms with Crippen LogP contribution in [0.2, 0.25) is 0 Å². The zero-order valence-electron chi connectivity index (χ0n) is 12.9. The highest BCUT2D eigenvalue weighted by atomic mass is 19.3. The quantitative estimate of drug-likeness (QED) is 0.373. The molecule has 0 atom stereocenters. The average molecular weight is 354 g/mol. The third-order valence-electron chi connectivity index (χ3n) is 2.98. The molecule has 0 aliphatic heterocycles. The highest BCUT2D eigenvalue weighted by molar-refractivity contribution is 5.98. The molecule has 0 aromatic heterocycles. The van der Waals surface area contributed by atoms with Gasteiger partial charge in [-0.15, -0.1) is 0 Å². The van der Waals surface area contributed by atoms with E-state index in [-0.39, 0.29) is 22.9 Å². The summed E-state index contributed by atoms with van der Waals surface area (Å²) in [7, 11) is 1.23. The first-order chi connectivity index (χ1) is 11.9. The minimum Gasteiger partial charge on any atom is -0.493 e. The fraction of sp³-hybridized carbons (Fsp3) is 0.125. The molecule has 2 N–H and O–H groups in total. The molecule has 2 aromatic carbocycles. The van der Waals surface area contributed by atoms with Gasteiger partial charge in [-0.3, -0.25) is 0 Å². The Morgan fingerprint density at radius 1 is 1.08 bits per heavy atom. The molecule has 2 aromatic rings. The zero-order chi connectivity index (χ0) is 18.4. The maximum atomic E-state index is 12.8. The lowest BCUT2D eigenvalue weighted by Crippen LogP contribution is -2.15. The Labute approximate surface area is 140 Å². The molecule has 0 spiro atoms. The number of halogens is 3. The number of carbonyl (C=O) groups is 1. The van der Waals surface area contributed by atoms with Gasteiger partial charge in [-0.1, -0.05) is 5.16 Å². The van der Waals surface area contributed by atoms with Crippen molar-refractivity contribution in [3.8, 4) is 11.5 Å². The molecule has 0 saturated carbocycles. The van der Waals surface area contributed by atoms with Crippen molar-refractivity contribution in [1.29, 1.82) is 0 Å². The molecule has 9 heteroatoms. The van der Waals surface area contributed by atoms with Crippen molar-refractivity contribution in [2.75, 3.05) is 7.11 Å². The number of rotatable bonds is 6. The summed E-state index contributed by atoms with van der Waals surface area (Å²) in [4.78, 5) is 16.6. The van der Waals surface area contributed by atoms with E-state index < -0.39 is 18.4 Å². The molecule has 0 amide bonds. The lowest BCUT2D eigenvalue weighted by molar-refractivity contribution is -0.0512. The van der Waals surface area contributed by atoms with E-state index >= 15 is 0 Å². The maximum absolute atomic E-state index is 12.8. The van der Waals surface area contributed by atoms with Gasteiger partial charge in [0.2, 0.25) is 0 Å². The minimum absolute atomic E-state index is 0.0193. The second kappa shape index (κ2) is 8.04. The molecular formula is C16H13F3N2O4. The number of benzene rings is 2. The van der Waals surface area contributed by atoms with E-state index in [0.29, 0.717) is 5.56 Å². The monoisotopic (exact) mass is 354 g/mol. The minimum atomic E-state index is -3.04. The van der Waals surface area contributed by atoms with E-state index in [1.807, 2.05) is 0 Å². The third-order valence-corrected chi connectivity index (χ3v) is 2.98. The first-order valence-corrected chi connectivity index (χ1v) is 6.84. The molecule has 6 nitrogen and oxygen atoms in total. The molecule has 2 rings (SSSR count). The zero-order valence-corrected chi connectivity index (χ0v) is 12.9. The molecule has 0 heterocycles. The number of nitrogens with zero attached hydrogens (tertiary/aromatic N) is 1. The first kappa shape index (κ1) is 18.1. The fourth-order valence-corrected chi connectivity index (χ4v) is 1.80. The highest BCUT2D eigenvalue weighted by Gasteiger charge is 2.15. The number of hydrogen-bond donors (Lipinski definition) is 1. The smallest absolute Gasteiger partial charge is 0.387 e. The second-order valence-electron chi connectivity index (χ2n) is 4.61. The van der Waals surface area contributed by atoms with Crippen LogP contribution in [0.25, 0.3) is 0 Å². The topological polar surface area (TPSA) is 83.1 Å². The van der Waals surface area contributed by atoms with Crippen molar-refractivity contribution in [2.24, 2.45) is 10.9 Å². The molecular weight excluding hydrogens is 341 g/mol. The Hall–Kier alpha value is -3.23. The number of ether oxygens (including phenoxy) is 2. The fourth-order valence-electron chi connectivity index (χ4n) is 1.80. The Morgan fingerprint density at radius 2 is 1.72 bits per heavy atom. The van der Waals surface area contributed by atoms with E-state index in [9.17, 15) is 18.0 Å². The molecule has 0 aliphatic rings. The number of oxime groups is 1. The van der Waals surface area contributed by atoms with Gasteiger partial charge in [0.1, 0.15) is 5.82 Å². The largest absolute Gasteiger partial charge is 0.493 e. The normalized spacial score (nSPS) is 11.3. The van der Waals surface area contributed by atoms with Crippen LogP contribution in [0.3, 0.4) is 0 Å². The summed E-state index contributed by atoms with van der Waals surface area (Å²) in [5.41, 5.74) is 5.96. The van der Waals surface area contributed by atoms with Crippen LogP contribution < -0.4 is 15.2 Å². The predicted molar refractivity (Wildman–Crippen MR) is 82.2 cm³/mol. The lowest BCUT2D eigenvalue weighted by Gasteiger charge is -2.10. The standard InChI is InChI=1S/C16H13F3N2O4/c1-23-13-8-10(4-7-12(13)24-16(18)19)15(22)25-21-14(20)9-2-5-11(17)6-3-9/h2-8,16H,1H3,(H2,20,21). The summed E-state index contributed by atoms with van der Waals surface area (Å²) in [6.45, 7) is -3.04. The van der Waals surface area contributed by atoms with Crippen LogP contribution in [0.5, 0.6) is 11.5 Å². The Kier molecular flexibility index (Phi) is 5.83. The van der Waals surface area contributed by atoms with Crippen molar-refractivity contribution in [3.05, 3.63) is 59.4 Å². The van der Waals surface area contributed by atoms with Crippen LogP contribution >= 0.6 is 0 Å². The van der Waals surface area contributed by atoms with Crippen molar-refractivity contribution in [1.82, 2.24) is 0 Å². The van der Waals surface area contributed by atoms with Gasteiger partial charge in [0.05, 0.1) is 12.7 Å². The molecule has 0 bridgehead atoms. The van der Waals surface area contributed by atoms with Crippen LogP contribution in [0.1, 0.15) is 15.9 Å². The average Bonchev–Trinajstić information content (AvgIpc) is 2.59. The van der Waals surface area contributed by atoms with Crippen LogP contribution in [-0.4, -0.2) is 25.5 Å². The number of amidine groups is 1. The van der Waals surface area contributed by atoms with Gasteiger partial charge < -0.3 is 20.0 Å². The summed E-state index contributed by atoms with van der Waals surface area (Å²) in [5, 5.41) is 3.46. The molecule has 0 unspecified atom stereocenters. The maximum Gasteiger partial charge on any atom is 0.387 e. The Morgan fingerprint density at radius 3 is 2.32 bits per heavy atom. The Balaban J connectivity index is 2.12. The number of hydrogen-bond acceptors (Lipinski definition) is 5. The highest BCUT2D eigenvalue weighted by Crippen LogP contribution is 2.29. The summed E-state index contributed by atoms with van der Waals surface area (Å²) < 4.78 is 46.5. The van der Waals surface area contributed by atoms with Crippen molar-refractivity contribution >= 4 is 11.8 Å². The molecule has 0 saturated heterocycles. The van der Waals surface area contributed by atoms with Crippen molar-refractivity contribution in [2.45, 2.75) is 6.61 Å².